The largest absolute Gasteiger partial charge is 0.507 e. The number of benzene rings is 1. The number of aliphatic hydroxyl groups excluding tert-OH is 1. The van der Waals surface area contributed by atoms with Gasteiger partial charge < -0.3 is 26.0 Å². The molecular weight excluding hydrogens is 322 g/mol. The predicted octanol–water partition coefficient (Wildman–Crippen LogP) is 2.39. The van der Waals surface area contributed by atoms with Crippen LogP contribution in [0.5, 0.6) is 5.75 Å². The summed E-state index contributed by atoms with van der Waals surface area (Å²) < 4.78 is 0. The van der Waals surface area contributed by atoms with E-state index < -0.39 is 6.09 Å². The lowest BCUT2D eigenvalue weighted by Gasteiger charge is -2.32. The number of hydrogen-bond donors (Lipinski definition) is 4. The van der Waals surface area contributed by atoms with Crippen LogP contribution in [0.15, 0.2) is 30.3 Å². The summed E-state index contributed by atoms with van der Waals surface area (Å²) in [6.07, 6.45) is 0.606. The van der Waals surface area contributed by atoms with Crippen molar-refractivity contribution in [1.29, 1.82) is 0 Å². The Bertz CT molecular complexity index is 794. The van der Waals surface area contributed by atoms with Gasteiger partial charge in [-0.2, -0.15) is 0 Å². The van der Waals surface area contributed by atoms with E-state index in [1.807, 2.05) is 0 Å². The number of phenolic OH excluding ortho intramolecular Hbond substituents is 1. The summed E-state index contributed by atoms with van der Waals surface area (Å²) in [6, 6.07) is 8.62. The number of amides is 1. The molecule has 3 rings (SSSR count). The average molecular weight is 343 g/mol. The second-order valence-electron chi connectivity index (χ2n) is 6.20. The summed E-state index contributed by atoms with van der Waals surface area (Å²) in [7, 11) is 0. The van der Waals surface area contributed by atoms with Gasteiger partial charge in [-0.1, -0.05) is 12.1 Å². The van der Waals surface area contributed by atoms with Crippen LogP contribution in [0.2, 0.25) is 0 Å². The van der Waals surface area contributed by atoms with E-state index in [-0.39, 0.29) is 24.1 Å². The molecule has 1 amide bonds. The van der Waals surface area contributed by atoms with E-state index in [2.05, 4.69) is 4.98 Å². The maximum atomic E-state index is 11.3. The summed E-state index contributed by atoms with van der Waals surface area (Å²) >= 11 is 0. The zero-order valence-corrected chi connectivity index (χ0v) is 13.7. The first-order valence-electron chi connectivity index (χ1n) is 8.17. The standard InChI is InChI=1S/C18H21N3O4/c19-17-14(10-22)13(11-4-3-7-21(9-11)18(24)25)8-15(20-17)12-5-1-2-6-16(12)23/h1-2,5-6,8,11,22-23H,3-4,7,9-10H2,(H2,19,20)(H,24,25). The molecule has 0 aliphatic carbocycles. The first-order valence-corrected chi connectivity index (χ1v) is 8.17. The lowest BCUT2D eigenvalue weighted by Crippen LogP contribution is -2.38. The topological polar surface area (TPSA) is 120 Å². The number of para-hydroxylation sites is 1. The van der Waals surface area contributed by atoms with E-state index in [1.165, 1.54) is 4.90 Å². The molecule has 1 aromatic heterocycles. The van der Waals surface area contributed by atoms with Crippen molar-refractivity contribution in [2.45, 2.75) is 25.4 Å². The third-order valence-electron chi connectivity index (χ3n) is 4.66. The third kappa shape index (κ3) is 3.36. The van der Waals surface area contributed by atoms with Crippen LogP contribution in [0.1, 0.15) is 29.9 Å². The molecule has 5 N–H and O–H groups in total. The molecule has 1 fully saturated rings. The van der Waals surface area contributed by atoms with E-state index in [0.717, 1.165) is 18.4 Å². The van der Waals surface area contributed by atoms with Crippen molar-refractivity contribution in [3.63, 3.8) is 0 Å². The molecule has 0 spiro atoms. The number of aromatic nitrogens is 1. The number of carbonyl (C=O) groups is 1. The molecule has 0 saturated carbocycles. The van der Waals surface area contributed by atoms with Crippen molar-refractivity contribution in [3.8, 4) is 17.0 Å². The summed E-state index contributed by atoms with van der Waals surface area (Å²) in [4.78, 5) is 17.0. The van der Waals surface area contributed by atoms with Gasteiger partial charge in [-0.05, 0) is 36.6 Å². The van der Waals surface area contributed by atoms with Crippen molar-refractivity contribution in [2.75, 3.05) is 18.8 Å². The molecular formula is C18H21N3O4. The van der Waals surface area contributed by atoms with E-state index in [1.54, 1.807) is 30.3 Å². The fourth-order valence-electron chi connectivity index (χ4n) is 3.38. The molecule has 0 radical (unpaired) electrons. The number of likely N-dealkylation sites (tertiary alicyclic amines) is 1. The highest BCUT2D eigenvalue weighted by Gasteiger charge is 2.27. The summed E-state index contributed by atoms with van der Waals surface area (Å²) in [5, 5.41) is 29.1. The van der Waals surface area contributed by atoms with E-state index >= 15 is 0 Å². The number of nitrogens with two attached hydrogens (primary N) is 1. The van der Waals surface area contributed by atoms with Crippen LogP contribution in [0.25, 0.3) is 11.3 Å². The molecule has 2 aromatic rings. The van der Waals surface area contributed by atoms with Crippen LogP contribution in [0, 0.1) is 0 Å². The highest BCUT2D eigenvalue weighted by Crippen LogP contribution is 2.36. The molecule has 1 aliphatic heterocycles. The van der Waals surface area contributed by atoms with Gasteiger partial charge in [0.25, 0.3) is 0 Å². The van der Waals surface area contributed by atoms with Gasteiger partial charge in [-0.15, -0.1) is 0 Å². The number of piperidine rings is 1. The van der Waals surface area contributed by atoms with Crippen molar-refractivity contribution in [3.05, 3.63) is 41.5 Å². The van der Waals surface area contributed by atoms with Crippen molar-refractivity contribution in [1.82, 2.24) is 9.88 Å². The molecule has 2 heterocycles. The maximum Gasteiger partial charge on any atom is 0.407 e. The maximum absolute atomic E-state index is 11.3. The number of pyridine rings is 1. The lowest BCUT2D eigenvalue weighted by molar-refractivity contribution is 0.130. The Kier molecular flexibility index (Phi) is 4.76. The van der Waals surface area contributed by atoms with Crippen LogP contribution in [-0.2, 0) is 6.61 Å². The third-order valence-corrected chi connectivity index (χ3v) is 4.66. The molecule has 1 unspecified atom stereocenters. The highest BCUT2D eigenvalue weighted by molar-refractivity contribution is 5.70. The molecule has 1 aliphatic rings. The number of hydrogen-bond acceptors (Lipinski definition) is 5. The highest BCUT2D eigenvalue weighted by atomic mass is 16.4. The van der Waals surface area contributed by atoms with Gasteiger partial charge in [0, 0.05) is 30.1 Å². The number of anilines is 1. The number of phenols is 1. The van der Waals surface area contributed by atoms with Crippen molar-refractivity contribution >= 4 is 11.9 Å². The first kappa shape index (κ1) is 17.0. The van der Waals surface area contributed by atoms with Crippen LogP contribution < -0.4 is 5.73 Å². The van der Waals surface area contributed by atoms with E-state index in [9.17, 15) is 20.1 Å². The Balaban J connectivity index is 2.06. The monoisotopic (exact) mass is 343 g/mol. The molecule has 1 atom stereocenters. The van der Waals surface area contributed by atoms with Gasteiger partial charge in [-0.3, -0.25) is 0 Å². The summed E-state index contributed by atoms with van der Waals surface area (Å²) in [6.45, 7) is 0.595. The Morgan fingerprint density at radius 3 is 2.80 bits per heavy atom. The van der Waals surface area contributed by atoms with Crippen LogP contribution in [-0.4, -0.2) is 44.4 Å². The smallest absolute Gasteiger partial charge is 0.407 e. The van der Waals surface area contributed by atoms with Gasteiger partial charge >= 0.3 is 6.09 Å². The number of nitrogens with zero attached hydrogens (tertiary/aromatic N) is 2. The van der Waals surface area contributed by atoms with Gasteiger partial charge in [0.15, 0.2) is 0 Å². The number of nitrogen functional groups attached to an aromatic ring is 1. The number of rotatable bonds is 3. The Morgan fingerprint density at radius 2 is 2.12 bits per heavy atom. The zero-order chi connectivity index (χ0) is 18.0. The zero-order valence-electron chi connectivity index (χ0n) is 13.7. The minimum absolute atomic E-state index is 0.0677. The van der Waals surface area contributed by atoms with Crippen molar-refractivity contribution < 1.29 is 20.1 Å². The second kappa shape index (κ2) is 6.98. The molecule has 1 saturated heterocycles. The van der Waals surface area contributed by atoms with Crippen molar-refractivity contribution in [2.24, 2.45) is 0 Å². The number of aromatic hydroxyl groups is 1. The number of carboxylic acid groups (broad SMARTS) is 1. The normalized spacial score (nSPS) is 17.5. The summed E-state index contributed by atoms with van der Waals surface area (Å²) in [5.74, 6) is 0.223. The molecule has 7 nitrogen and oxygen atoms in total. The Hall–Kier alpha value is -2.80. The quantitative estimate of drug-likeness (QED) is 0.679. The van der Waals surface area contributed by atoms with Gasteiger partial charge in [-0.25, -0.2) is 9.78 Å². The van der Waals surface area contributed by atoms with E-state index in [0.29, 0.717) is 29.9 Å². The van der Waals surface area contributed by atoms with E-state index in [4.69, 9.17) is 5.73 Å². The van der Waals surface area contributed by atoms with Crippen LogP contribution in [0.3, 0.4) is 0 Å². The second-order valence-corrected chi connectivity index (χ2v) is 6.20. The molecule has 0 bridgehead atoms. The Labute approximate surface area is 145 Å². The fourth-order valence-corrected chi connectivity index (χ4v) is 3.38. The SMILES string of the molecule is Nc1nc(-c2ccccc2O)cc(C2CCCN(C(=O)O)C2)c1CO. The molecule has 132 valence electrons. The Morgan fingerprint density at radius 1 is 1.36 bits per heavy atom. The van der Waals surface area contributed by atoms with Crippen LogP contribution >= 0.6 is 0 Å². The number of aliphatic hydroxyl groups is 1. The molecule has 1 aromatic carbocycles. The average Bonchev–Trinajstić information content (AvgIpc) is 2.61. The van der Waals surface area contributed by atoms with Gasteiger partial charge in [0.05, 0.1) is 12.3 Å². The van der Waals surface area contributed by atoms with Gasteiger partial charge in [0.1, 0.15) is 11.6 Å². The van der Waals surface area contributed by atoms with Gasteiger partial charge in [0.2, 0.25) is 0 Å². The fraction of sp³-hybridized carbons (Fsp3) is 0.333. The molecule has 7 heteroatoms. The lowest BCUT2D eigenvalue weighted by atomic mass is 9.87. The van der Waals surface area contributed by atoms with Crippen LogP contribution in [0.4, 0.5) is 10.6 Å². The predicted molar refractivity (Wildman–Crippen MR) is 93.2 cm³/mol. The minimum atomic E-state index is -0.946. The first-order chi connectivity index (χ1) is 12.0. The molecule has 25 heavy (non-hydrogen) atoms. The minimum Gasteiger partial charge on any atom is -0.507 e. The summed E-state index contributed by atoms with van der Waals surface area (Å²) in [5.41, 5.74) is 8.41.